The molecule has 1 saturated carbocycles. The molecule has 0 unspecified atom stereocenters. The minimum Gasteiger partial charge on any atom is -0.388 e. The van der Waals surface area contributed by atoms with E-state index in [9.17, 15) is 9.90 Å². The summed E-state index contributed by atoms with van der Waals surface area (Å²) < 4.78 is 0. The number of benzene rings is 1. The number of amides is 1. The van der Waals surface area contributed by atoms with Gasteiger partial charge in [0.15, 0.2) is 0 Å². The fourth-order valence-electron chi connectivity index (χ4n) is 3.70. The van der Waals surface area contributed by atoms with Crippen LogP contribution in [-0.4, -0.2) is 23.3 Å². The van der Waals surface area contributed by atoms with E-state index in [0.29, 0.717) is 6.54 Å². The Kier molecular flexibility index (Phi) is 6.43. The van der Waals surface area contributed by atoms with Gasteiger partial charge in [-0.3, -0.25) is 4.79 Å². The van der Waals surface area contributed by atoms with Crippen molar-refractivity contribution in [3.05, 3.63) is 51.7 Å². The van der Waals surface area contributed by atoms with Gasteiger partial charge in [0.1, 0.15) is 0 Å². The molecular formula is C21H27NO2S2. The number of hydrogen-bond donors (Lipinski definition) is 2. The maximum Gasteiger partial charge on any atom is 0.252 e. The molecule has 26 heavy (non-hydrogen) atoms. The number of aliphatic hydroxyl groups is 1. The topological polar surface area (TPSA) is 49.3 Å². The highest BCUT2D eigenvalue weighted by Gasteiger charge is 2.37. The van der Waals surface area contributed by atoms with Gasteiger partial charge in [-0.2, -0.15) is 0 Å². The molecule has 2 aromatic rings. The highest BCUT2D eigenvalue weighted by atomic mass is 32.2. The summed E-state index contributed by atoms with van der Waals surface area (Å²) in [6.07, 6.45) is 4.15. The van der Waals surface area contributed by atoms with E-state index in [-0.39, 0.29) is 11.3 Å². The van der Waals surface area contributed by atoms with Gasteiger partial charge in [-0.1, -0.05) is 31.9 Å². The molecule has 0 spiro atoms. The van der Waals surface area contributed by atoms with Crippen LogP contribution >= 0.6 is 23.1 Å². The van der Waals surface area contributed by atoms with E-state index < -0.39 is 6.10 Å². The van der Waals surface area contributed by atoms with Gasteiger partial charge in [0, 0.05) is 26.6 Å². The van der Waals surface area contributed by atoms with Crippen LogP contribution in [-0.2, 0) is 5.41 Å². The standard InChI is InChI=1S/C21H27NO2S2/c1-3-25-18-9-5-4-8-16(18)20(24)22-14-21(12-6-7-13-21)19-11-10-17(26-19)15(2)23/h4-5,8-11,15,23H,3,6-7,12-14H2,1-2H3,(H,22,24)/t15-/m1/s1. The predicted molar refractivity (Wildman–Crippen MR) is 110 cm³/mol. The molecular weight excluding hydrogens is 362 g/mol. The maximum atomic E-state index is 12.8. The van der Waals surface area contributed by atoms with Gasteiger partial charge >= 0.3 is 0 Å². The molecule has 0 saturated heterocycles. The summed E-state index contributed by atoms with van der Waals surface area (Å²) in [5.41, 5.74) is 0.781. The van der Waals surface area contributed by atoms with E-state index >= 15 is 0 Å². The Morgan fingerprint density at radius 2 is 2.00 bits per heavy atom. The smallest absolute Gasteiger partial charge is 0.252 e. The Hall–Kier alpha value is -1.30. The SMILES string of the molecule is CCSc1ccccc1C(=O)NCC1(c2ccc([C@@H](C)O)s2)CCCC1. The van der Waals surface area contributed by atoms with E-state index in [1.54, 1.807) is 30.0 Å². The van der Waals surface area contributed by atoms with Crippen molar-refractivity contribution in [3.8, 4) is 0 Å². The van der Waals surface area contributed by atoms with Crippen LogP contribution < -0.4 is 5.32 Å². The fourth-order valence-corrected chi connectivity index (χ4v) is 5.70. The number of carbonyl (C=O) groups excluding carboxylic acids is 1. The van der Waals surface area contributed by atoms with E-state index in [1.165, 1.54) is 17.7 Å². The molecule has 1 aromatic heterocycles. The molecule has 5 heteroatoms. The zero-order chi connectivity index (χ0) is 18.6. The van der Waals surface area contributed by atoms with Crippen LogP contribution in [0, 0.1) is 0 Å². The second-order valence-corrected chi connectivity index (χ2v) is 9.40. The molecule has 0 bridgehead atoms. The number of aliphatic hydroxyl groups excluding tert-OH is 1. The zero-order valence-electron chi connectivity index (χ0n) is 15.5. The second-order valence-electron chi connectivity index (χ2n) is 6.98. The van der Waals surface area contributed by atoms with Crippen molar-refractivity contribution in [3.63, 3.8) is 0 Å². The van der Waals surface area contributed by atoms with Gasteiger partial charge in [0.25, 0.3) is 5.91 Å². The molecule has 0 radical (unpaired) electrons. The Balaban J connectivity index is 1.76. The minimum atomic E-state index is -0.431. The molecule has 140 valence electrons. The van der Waals surface area contributed by atoms with Crippen molar-refractivity contribution in [2.45, 2.75) is 55.9 Å². The van der Waals surface area contributed by atoms with Crippen LogP contribution in [0.2, 0.25) is 0 Å². The average molecular weight is 390 g/mol. The molecule has 0 aliphatic heterocycles. The Bertz CT molecular complexity index is 748. The number of thiophene rings is 1. The van der Waals surface area contributed by atoms with Crippen molar-refractivity contribution in [2.24, 2.45) is 0 Å². The molecule has 2 N–H and O–H groups in total. The monoisotopic (exact) mass is 389 g/mol. The number of carbonyl (C=O) groups is 1. The summed E-state index contributed by atoms with van der Waals surface area (Å²) in [5, 5.41) is 13.1. The van der Waals surface area contributed by atoms with E-state index in [1.807, 2.05) is 30.3 Å². The van der Waals surface area contributed by atoms with E-state index in [2.05, 4.69) is 18.3 Å². The quantitative estimate of drug-likeness (QED) is 0.644. The molecule has 1 amide bonds. The van der Waals surface area contributed by atoms with Crippen LogP contribution in [0.3, 0.4) is 0 Å². The summed E-state index contributed by atoms with van der Waals surface area (Å²) in [5.74, 6) is 0.964. The third-order valence-corrected chi connectivity index (χ3v) is 7.60. The van der Waals surface area contributed by atoms with Gasteiger partial charge in [-0.25, -0.2) is 0 Å². The van der Waals surface area contributed by atoms with Gasteiger partial charge < -0.3 is 10.4 Å². The fraction of sp³-hybridized carbons (Fsp3) is 0.476. The summed E-state index contributed by atoms with van der Waals surface area (Å²) in [4.78, 5) is 16.2. The normalized spacial score (nSPS) is 17.2. The molecule has 1 aliphatic rings. The first-order chi connectivity index (χ1) is 12.6. The van der Waals surface area contributed by atoms with Crippen molar-refractivity contribution >= 4 is 29.0 Å². The zero-order valence-corrected chi connectivity index (χ0v) is 17.1. The number of thioether (sulfide) groups is 1. The molecule has 3 nitrogen and oxygen atoms in total. The Morgan fingerprint density at radius 1 is 1.27 bits per heavy atom. The van der Waals surface area contributed by atoms with Crippen molar-refractivity contribution in [2.75, 3.05) is 12.3 Å². The molecule has 3 rings (SSSR count). The third kappa shape index (κ3) is 4.16. The average Bonchev–Trinajstić information content (AvgIpc) is 3.31. The molecule has 1 aromatic carbocycles. The summed E-state index contributed by atoms with van der Waals surface area (Å²) >= 11 is 3.39. The largest absolute Gasteiger partial charge is 0.388 e. The van der Waals surface area contributed by atoms with Gasteiger partial charge in [0.05, 0.1) is 11.7 Å². The molecule has 1 heterocycles. The van der Waals surface area contributed by atoms with Gasteiger partial charge in [0.2, 0.25) is 0 Å². The highest BCUT2D eigenvalue weighted by molar-refractivity contribution is 7.99. The van der Waals surface area contributed by atoms with Gasteiger partial charge in [-0.15, -0.1) is 23.1 Å². The van der Waals surface area contributed by atoms with Crippen molar-refractivity contribution in [1.29, 1.82) is 0 Å². The van der Waals surface area contributed by atoms with Gasteiger partial charge in [-0.05, 0) is 49.8 Å². The Morgan fingerprint density at radius 3 is 2.65 bits per heavy atom. The lowest BCUT2D eigenvalue weighted by Gasteiger charge is -2.28. The number of rotatable bonds is 7. The van der Waals surface area contributed by atoms with Crippen LogP contribution in [0.5, 0.6) is 0 Å². The predicted octanol–water partition coefficient (Wildman–Crippen LogP) is 5.16. The number of nitrogens with one attached hydrogen (secondary N) is 1. The van der Waals surface area contributed by atoms with E-state index in [4.69, 9.17) is 0 Å². The highest BCUT2D eigenvalue weighted by Crippen LogP contribution is 2.44. The van der Waals surface area contributed by atoms with Crippen molar-refractivity contribution in [1.82, 2.24) is 5.32 Å². The Labute approximate surface area is 164 Å². The lowest BCUT2D eigenvalue weighted by atomic mass is 9.84. The first-order valence-corrected chi connectivity index (χ1v) is 11.1. The van der Waals surface area contributed by atoms with Crippen LogP contribution in [0.25, 0.3) is 0 Å². The molecule has 1 atom stereocenters. The number of hydrogen-bond acceptors (Lipinski definition) is 4. The lowest BCUT2D eigenvalue weighted by Crippen LogP contribution is -2.38. The van der Waals surface area contributed by atoms with Crippen LogP contribution in [0.4, 0.5) is 0 Å². The lowest BCUT2D eigenvalue weighted by molar-refractivity contribution is 0.0940. The second kappa shape index (κ2) is 8.59. The first kappa shape index (κ1) is 19.5. The van der Waals surface area contributed by atoms with E-state index in [0.717, 1.165) is 33.9 Å². The molecule has 1 fully saturated rings. The summed E-state index contributed by atoms with van der Waals surface area (Å²) in [7, 11) is 0. The maximum absolute atomic E-state index is 12.8. The summed E-state index contributed by atoms with van der Waals surface area (Å²) in [6, 6.07) is 12.0. The minimum absolute atomic E-state index is 0.0140. The summed E-state index contributed by atoms with van der Waals surface area (Å²) in [6.45, 7) is 4.57. The third-order valence-electron chi connectivity index (χ3n) is 5.14. The molecule has 1 aliphatic carbocycles. The van der Waals surface area contributed by atoms with Crippen molar-refractivity contribution < 1.29 is 9.90 Å². The van der Waals surface area contributed by atoms with Crippen LogP contribution in [0.15, 0.2) is 41.3 Å². The first-order valence-electron chi connectivity index (χ1n) is 9.34. The van der Waals surface area contributed by atoms with Crippen LogP contribution in [0.1, 0.15) is 65.7 Å².